The summed E-state index contributed by atoms with van der Waals surface area (Å²) in [5.41, 5.74) is 0. The molecule has 0 radical (unpaired) electrons. The fourth-order valence-corrected chi connectivity index (χ4v) is 1.99. The third-order valence-electron chi connectivity index (χ3n) is 3.04. The second-order valence-corrected chi connectivity index (χ2v) is 4.46. The summed E-state index contributed by atoms with van der Waals surface area (Å²) in [4.78, 5) is 27.0. The molecule has 0 aromatic rings. The van der Waals surface area contributed by atoms with Gasteiger partial charge in [-0.2, -0.15) is 0 Å². The molecule has 0 atom stereocenters. The number of hydrogen-bond acceptors (Lipinski definition) is 3. The second kappa shape index (κ2) is 8.48. The molecular weight excluding hydrogens is 242 g/mol. The van der Waals surface area contributed by atoms with Crippen LogP contribution in [0.5, 0.6) is 0 Å². The van der Waals surface area contributed by atoms with Crippen molar-refractivity contribution in [2.45, 2.75) is 13.8 Å². The van der Waals surface area contributed by atoms with Crippen molar-refractivity contribution < 1.29 is 9.59 Å². The lowest BCUT2D eigenvalue weighted by atomic mass is 10.3. The monoisotopic (exact) mass is 265 g/mol. The van der Waals surface area contributed by atoms with Crippen molar-refractivity contribution in [1.29, 1.82) is 0 Å². The van der Waals surface area contributed by atoms with E-state index >= 15 is 0 Å². The van der Waals surface area contributed by atoms with Gasteiger partial charge in [0.05, 0.1) is 0 Å². The van der Waals surface area contributed by atoms with E-state index in [0.717, 1.165) is 32.7 Å². The molecular formula is C14H23N3O2. The summed E-state index contributed by atoms with van der Waals surface area (Å²) in [7, 11) is 0. The highest BCUT2D eigenvalue weighted by Crippen LogP contribution is 2.02. The summed E-state index contributed by atoms with van der Waals surface area (Å²) < 4.78 is 0. The van der Waals surface area contributed by atoms with Crippen LogP contribution in [0.15, 0.2) is 24.3 Å². The summed E-state index contributed by atoms with van der Waals surface area (Å²) in [6.45, 7) is 8.38. The third kappa shape index (κ3) is 5.70. The van der Waals surface area contributed by atoms with Crippen LogP contribution in [0.4, 0.5) is 0 Å². The van der Waals surface area contributed by atoms with E-state index in [0.29, 0.717) is 6.54 Å². The lowest BCUT2D eigenvalue weighted by molar-refractivity contribution is -0.127. The largest absolute Gasteiger partial charge is 0.351 e. The minimum Gasteiger partial charge on any atom is -0.351 e. The minimum atomic E-state index is -0.0515. The lowest BCUT2D eigenvalue weighted by Crippen LogP contribution is -2.49. The molecule has 1 saturated heterocycles. The van der Waals surface area contributed by atoms with Gasteiger partial charge < -0.3 is 10.2 Å². The van der Waals surface area contributed by atoms with Gasteiger partial charge in [0.1, 0.15) is 0 Å². The Morgan fingerprint density at radius 1 is 1.05 bits per heavy atom. The van der Waals surface area contributed by atoms with Crippen molar-refractivity contribution in [3.05, 3.63) is 24.3 Å². The van der Waals surface area contributed by atoms with E-state index in [9.17, 15) is 9.59 Å². The first-order chi connectivity index (χ1) is 9.17. The number of nitrogens with one attached hydrogen (secondary N) is 1. The van der Waals surface area contributed by atoms with Crippen LogP contribution in [-0.2, 0) is 9.59 Å². The predicted molar refractivity (Wildman–Crippen MR) is 75.7 cm³/mol. The number of carbonyl (C=O) groups is 2. The Kier molecular flexibility index (Phi) is 6.89. The van der Waals surface area contributed by atoms with Gasteiger partial charge in [-0.15, -0.1) is 0 Å². The van der Waals surface area contributed by atoms with Gasteiger partial charge in [0.2, 0.25) is 11.8 Å². The molecule has 5 nitrogen and oxygen atoms in total. The van der Waals surface area contributed by atoms with Gasteiger partial charge in [-0.25, -0.2) is 0 Å². The first-order valence-corrected chi connectivity index (χ1v) is 6.72. The molecule has 1 N–H and O–H groups in total. The highest BCUT2D eigenvalue weighted by Gasteiger charge is 2.18. The third-order valence-corrected chi connectivity index (χ3v) is 3.04. The van der Waals surface area contributed by atoms with Gasteiger partial charge in [-0.1, -0.05) is 12.2 Å². The number of hydrogen-bond donors (Lipinski definition) is 1. The number of rotatable bonds is 5. The summed E-state index contributed by atoms with van der Waals surface area (Å²) in [6, 6.07) is 0. The summed E-state index contributed by atoms with van der Waals surface area (Å²) >= 11 is 0. The van der Waals surface area contributed by atoms with E-state index in [2.05, 4.69) is 10.2 Å². The molecule has 1 fully saturated rings. The van der Waals surface area contributed by atoms with Crippen LogP contribution in [0.2, 0.25) is 0 Å². The zero-order chi connectivity index (χ0) is 14.1. The molecule has 0 unspecified atom stereocenters. The van der Waals surface area contributed by atoms with Crippen molar-refractivity contribution >= 4 is 11.8 Å². The molecule has 1 aliphatic rings. The first kappa shape index (κ1) is 15.4. The molecule has 0 saturated carbocycles. The zero-order valence-corrected chi connectivity index (χ0v) is 11.8. The van der Waals surface area contributed by atoms with Gasteiger partial charge in [0.15, 0.2) is 0 Å². The van der Waals surface area contributed by atoms with Crippen LogP contribution in [0.1, 0.15) is 13.8 Å². The molecule has 19 heavy (non-hydrogen) atoms. The predicted octanol–water partition coefficient (Wildman–Crippen LogP) is 0.399. The standard InChI is InChI=1S/C14H23N3O2/c1-3-5-13(18)15-7-8-16-9-11-17(12-10-16)14(19)6-4-2/h3-6H,7-12H2,1-2H3,(H,15,18)/b5-3+,6-4+. The maximum Gasteiger partial charge on any atom is 0.246 e. The molecule has 1 heterocycles. The molecule has 2 amide bonds. The van der Waals surface area contributed by atoms with Crippen molar-refractivity contribution in [2.24, 2.45) is 0 Å². The van der Waals surface area contributed by atoms with E-state index in [1.165, 1.54) is 6.08 Å². The highest BCUT2D eigenvalue weighted by atomic mass is 16.2. The Morgan fingerprint density at radius 2 is 1.68 bits per heavy atom. The average molecular weight is 265 g/mol. The summed E-state index contributed by atoms with van der Waals surface area (Å²) in [5.74, 6) is 0.0351. The smallest absolute Gasteiger partial charge is 0.246 e. The maximum atomic E-state index is 11.6. The van der Waals surface area contributed by atoms with Crippen molar-refractivity contribution in [3.63, 3.8) is 0 Å². The molecule has 0 spiro atoms. The van der Waals surface area contributed by atoms with Gasteiger partial charge in [-0.3, -0.25) is 14.5 Å². The molecule has 1 rings (SSSR count). The van der Waals surface area contributed by atoms with E-state index < -0.39 is 0 Å². The highest BCUT2D eigenvalue weighted by molar-refractivity contribution is 5.87. The zero-order valence-electron chi connectivity index (χ0n) is 11.8. The Bertz CT molecular complexity index is 353. The number of nitrogens with zero attached hydrogens (tertiary/aromatic N) is 2. The Morgan fingerprint density at radius 3 is 2.26 bits per heavy atom. The topological polar surface area (TPSA) is 52.7 Å². The minimum absolute atomic E-state index is 0.0515. The molecule has 0 aliphatic carbocycles. The maximum absolute atomic E-state index is 11.6. The molecule has 1 aliphatic heterocycles. The van der Waals surface area contributed by atoms with Gasteiger partial charge in [0, 0.05) is 39.3 Å². The van der Waals surface area contributed by atoms with Crippen LogP contribution >= 0.6 is 0 Å². The lowest BCUT2D eigenvalue weighted by Gasteiger charge is -2.34. The van der Waals surface area contributed by atoms with Crippen LogP contribution in [0, 0.1) is 0 Å². The van der Waals surface area contributed by atoms with Crippen LogP contribution < -0.4 is 5.32 Å². The van der Waals surface area contributed by atoms with Crippen molar-refractivity contribution in [1.82, 2.24) is 15.1 Å². The fraction of sp³-hybridized carbons (Fsp3) is 0.571. The van der Waals surface area contributed by atoms with Crippen LogP contribution in [0.3, 0.4) is 0 Å². The average Bonchev–Trinajstić information content (AvgIpc) is 2.40. The normalized spacial score (nSPS) is 17.3. The fourth-order valence-electron chi connectivity index (χ4n) is 1.99. The molecule has 0 bridgehead atoms. The number of allylic oxidation sites excluding steroid dienone is 2. The molecule has 0 aromatic heterocycles. The molecule has 0 aromatic carbocycles. The van der Waals surface area contributed by atoms with Gasteiger partial charge in [0.25, 0.3) is 0 Å². The Balaban J connectivity index is 2.20. The SMILES string of the molecule is C/C=C/C(=O)NCCN1CCN(C(=O)/C=C/C)CC1. The van der Waals surface area contributed by atoms with E-state index in [-0.39, 0.29) is 11.8 Å². The molecule has 5 heteroatoms. The van der Waals surface area contributed by atoms with Gasteiger partial charge >= 0.3 is 0 Å². The van der Waals surface area contributed by atoms with Crippen LogP contribution in [-0.4, -0.2) is 60.9 Å². The van der Waals surface area contributed by atoms with Crippen molar-refractivity contribution in [2.75, 3.05) is 39.3 Å². The van der Waals surface area contributed by atoms with E-state index in [4.69, 9.17) is 0 Å². The number of amides is 2. The second-order valence-electron chi connectivity index (χ2n) is 4.46. The Hall–Kier alpha value is -1.62. The van der Waals surface area contributed by atoms with E-state index in [1.54, 1.807) is 18.2 Å². The van der Waals surface area contributed by atoms with Crippen LogP contribution in [0.25, 0.3) is 0 Å². The quantitative estimate of drug-likeness (QED) is 0.732. The van der Waals surface area contributed by atoms with Crippen molar-refractivity contribution in [3.8, 4) is 0 Å². The van der Waals surface area contributed by atoms with Gasteiger partial charge in [-0.05, 0) is 26.0 Å². The summed E-state index contributed by atoms with van der Waals surface area (Å²) in [5, 5.41) is 2.83. The Labute approximate surface area is 114 Å². The molecule has 106 valence electrons. The first-order valence-electron chi connectivity index (χ1n) is 6.72. The number of carbonyl (C=O) groups excluding carboxylic acids is 2. The van der Waals surface area contributed by atoms with E-state index in [1.807, 2.05) is 18.7 Å². The number of piperazine rings is 1. The summed E-state index contributed by atoms with van der Waals surface area (Å²) in [6.07, 6.45) is 6.62.